The van der Waals surface area contributed by atoms with Gasteiger partial charge in [0.15, 0.2) is 0 Å². The highest BCUT2D eigenvalue weighted by Gasteiger charge is 2.33. The molecular formula is C31H38ClN3O4S. The zero-order valence-corrected chi connectivity index (χ0v) is 25.1. The number of hydrogen-bond donors (Lipinski definition) is 1. The van der Waals surface area contributed by atoms with Crippen LogP contribution >= 0.6 is 11.6 Å². The van der Waals surface area contributed by atoms with E-state index in [9.17, 15) is 18.0 Å². The Morgan fingerprint density at radius 2 is 1.57 bits per heavy atom. The van der Waals surface area contributed by atoms with E-state index in [4.69, 9.17) is 11.6 Å². The van der Waals surface area contributed by atoms with Gasteiger partial charge in [-0.25, -0.2) is 8.42 Å². The van der Waals surface area contributed by atoms with Gasteiger partial charge in [-0.2, -0.15) is 0 Å². The van der Waals surface area contributed by atoms with Crippen LogP contribution in [0.15, 0.2) is 78.9 Å². The second-order valence-corrected chi connectivity index (χ2v) is 12.3. The maximum atomic E-state index is 14.2. The number of nitrogens with one attached hydrogen (secondary N) is 1. The quantitative estimate of drug-likeness (QED) is 0.299. The zero-order valence-electron chi connectivity index (χ0n) is 23.5. The molecule has 2 atom stereocenters. The molecule has 3 rings (SSSR count). The molecule has 0 radical (unpaired) electrons. The van der Waals surface area contributed by atoms with Crippen molar-refractivity contribution in [2.24, 2.45) is 0 Å². The number of nitrogens with zero attached hydrogens (tertiary/aromatic N) is 2. The summed E-state index contributed by atoms with van der Waals surface area (Å²) >= 11 is 6.25. The van der Waals surface area contributed by atoms with E-state index in [1.807, 2.05) is 69.3 Å². The molecule has 0 saturated heterocycles. The number of benzene rings is 3. The number of anilines is 1. The van der Waals surface area contributed by atoms with Gasteiger partial charge in [0.05, 0.1) is 11.9 Å². The Balaban J connectivity index is 2.08. The van der Waals surface area contributed by atoms with Crippen molar-refractivity contribution < 1.29 is 18.0 Å². The van der Waals surface area contributed by atoms with Crippen LogP contribution in [0.2, 0.25) is 5.02 Å². The van der Waals surface area contributed by atoms with E-state index >= 15 is 0 Å². The van der Waals surface area contributed by atoms with Gasteiger partial charge in [0.2, 0.25) is 21.8 Å². The Hall–Kier alpha value is -3.36. The molecule has 0 unspecified atom stereocenters. The fraction of sp³-hybridized carbons (Fsp3) is 0.355. The molecule has 3 aromatic carbocycles. The Labute approximate surface area is 243 Å². The van der Waals surface area contributed by atoms with Crippen molar-refractivity contribution in [1.29, 1.82) is 0 Å². The molecule has 7 nitrogen and oxygen atoms in total. The van der Waals surface area contributed by atoms with E-state index in [-0.39, 0.29) is 24.9 Å². The number of carbonyl (C=O) groups is 2. The monoisotopic (exact) mass is 583 g/mol. The first-order valence-electron chi connectivity index (χ1n) is 13.5. The summed E-state index contributed by atoms with van der Waals surface area (Å²) < 4.78 is 27.1. The lowest BCUT2D eigenvalue weighted by molar-refractivity contribution is -0.140. The number of para-hydroxylation sites is 1. The van der Waals surface area contributed by atoms with Gasteiger partial charge in [0.25, 0.3) is 0 Å². The third kappa shape index (κ3) is 8.57. The Bertz CT molecular complexity index is 1400. The normalized spacial score (nSPS) is 12.8. The minimum atomic E-state index is -3.82. The molecule has 40 heavy (non-hydrogen) atoms. The van der Waals surface area contributed by atoms with Gasteiger partial charge in [-0.3, -0.25) is 13.9 Å². The molecule has 0 saturated carbocycles. The van der Waals surface area contributed by atoms with Crippen molar-refractivity contribution >= 4 is 39.1 Å². The molecule has 0 aliphatic rings. The molecule has 0 bridgehead atoms. The average molecular weight is 584 g/mol. The van der Waals surface area contributed by atoms with E-state index in [2.05, 4.69) is 5.32 Å². The molecule has 214 valence electrons. The predicted octanol–water partition coefficient (Wildman–Crippen LogP) is 5.22. The summed E-state index contributed by atoms with van der Waals surface area (Å²) in [6, 6.07) is 22.7. The summed E-state index contributed by atoms with van der Waals surface area (Å²) in [5.41, 5.74) is 2.87. The fourth-order valence-electron chi connectivity index (χ4n) is 4.47. The van der Waals surface area contributed by atoms with Gasteiger partial charge in [0.1, 0.15) is 12.6 Å². The molecule has 0 aliphatic carbocycles. The van der Waals surface area contributed by atoms with Gasteiger partial charge < -0.3 is 10.2 Å². The molecule has 0 aromatic heterocycles. The highest BCUT2D eigenvalue weighted by atomic mass is 35.5. The van der Waals surface area contributed by atoms with Crippen LogP contribution in [0.3, 0.4) is 0 Å². The number of halogens is 1. The number of aryl methyl sites for hydroxylation is 1. The third-order valence-corrected chi connectivity index (χ3v) is 8.20. The van der Waals surface area contributed by atoms with Crippen LogP contribution in [0.5, 0.6) is 0 Å². The second kappa shape index (κ2) is 14.3. The highest BCUT2D eigenvalue weighted by Crippen LogP contribution is 2.25. The summed E-state index contributed by atoms with van der Waals surface area (Å²) in [6.07, 6.45) is 2.67. The first-order valence-corrected chi connectivity index (χ1v) is 15.7. The van der Waals surface area contributed by atoms with Crippen LogP contribution < -0.4 is 9.62 Å². The fourth-order valence-corrected chi connectivity index (χ4v) is 5.57. The molecule has 1 N–H and O–H groups in total. The van der Waals surface area contributed by atoms with E-state index in [1.165, 1.54) is 4.90 Å². The van der Waals surface area contributed by atoms with Crippen molar-refractivity contribution in [3.63, 3.8) is 0 Å². The Morgan fingerprint density at radius 3 is 2.20 bits per heavy atom. The molecule has 0 fully saturated rings. The van der Waals surface area contributed by atoms with E-state index in [0.29, 0.717) is 17.1 Å². The van der Waals surface area contributed by atoms with Crippen molar-refractivity contribution in [1.82, 2.24) is 10.2 Å². The Kier molecular flexibility index (Phi) is 11.2. The smallest absolute Gasteiger partial charge is 0.244 e. The third-order valence-electron chi connectivity index (χ3n) is 6.83. The largest absolute Gasteiger partial charge is 0.352 e. The van der Waals surface area contributed by atoms with Crippen LogP contribution in [0, 0.1) is 0 Å². The van der Waals surface area contributed by atoms with E-state index < -0.39 is 28.5 Å². The standard InChI is InChI=1S/C31H38ClN3O4S/c1-5-23(3)33-31(37)29(20-24-13-8-7-9-14-24)34(21-25-15-12-17-27(32)19-25)30(36)22-35(40(4,38)39)28-18-11-10-16-26(28)6-2/h7-19,23,29H,5-6,20-22H2,1-4H3,(H,33,37)/t23-,29-/m1/s1. The molecule has 3 aromatic rings. The van der Waals surface area contributed by atoms with Crippen LogP contribution in [0.25, 0.3) is 0 Å². The van der Waals surface area contributed by atoms with Gasteiger partial charge in [-0.05, 0) is 54.7 Å². The maximum Gasteiger partial charge on any atom is 0.244 e. The molecular weight excluding hydrogens is 546 g/mol. The van der Waals surface area contributed by atoms with Gasteiger partial charge in [-0.1, -0.05) is 86.1 Å². The summed E-state index contributed by atoms with van der Waals surface area (Å²) in [7, 11) is -3.82. The first kappa shape index (κ1) is 31.2. The number of sulfonamides is 1. The summed E-state index contributed by atoms with van der Waals surface area (Å²) in [5.74, 6) is -0.787. The summed E-state index contributed by atoms with van der Waals surface area (Å²) in [4.78, 5) is 29.3. The number of hydrogen-bond acceptors (Lipinski definition) is 4. The van der Waals surface area contributed by atoms with Gasteiger partial charge in [0, 0.05) is 24.0 Å². The van der Waals surface area contributed by atoms with Crippen LogP contribution in [0.1, 0.15) is 43.9 Å². The Morgan fingerprint density at radius 1 is 0.925 bits per heavy atom. The lowest BCUT2D eigenvalue weighted by Crippen LogP contribution is -2.54. The topological polar surface area (TPSA) is 86.8 Å². The van der Waals surface area contributed by atoms with E-state index in [1.54, 1.807) is 30.3 Å². The zero-order chi connectivity index (χ0) is 29.3. The number of rotatable bonds is 13. The lowest BCUT2D eigenvalue weighted by atomic mass is 10.0. The molecule has 2 amide bonds. The minimum absolute atomic E-state index is 0.0812. The van der Waals surface area contributed by atoms with Crippen molar-refractivity contribution in [3.8, 4) is 0 Å². The summed E-state index contributed by atoms with van der Waals surface area (Å²) in [5, 5.41) is 3.53. The molecule has 9 heteroatoms. The van der Waals surface area contributed by atoms with Crippen LogP contribution in [0.4, 0.5) is 5.69 Å². The maximum absolute atomic E-state index is 14.2. The van der Waals surface area contributed by atoms with E-state index in [0.717, 1.165) is 33.7 Å². The van der Waals surface area contributed by atoms with Crippen molar-refractivity contribution in [2.45, 2.75) is 58.7 Å². The van der Waals surface area contributed by atoms with Crippen LogP contribution in [-0.2, 0) is 39.0 Å². The average Bonchev–Trinajstić information content (AvgIpc) is 2.93. The number of carbonyl (C=O) groups excluding carboxylic acids is 2. The second-order valence-electron chi connectivity index (χ2n) is 9.93. The van der Waals surface area contributed by atoms with Gasteiger partial charge in [-0.15, -0.1) is 0 Å². The molecule has 0 aliphatic heterocycles. The lowest BCUT2D eigenvalue weighted by Gasteiger charge is -2.34. The number of amides is 2. The van der Waals surface area contributed by atoms with Crippen molar-refractivity contribution in [2.75, 3.05) is 17.1 Å². The first-order chi connectivity index (χ1) is 19.0. The minimum Gasteiger partial charge on any atom is -0.352 e. The SMILES string of the molecule is CCc1ccccc1N(CC(=O)N(Cc1cccc(Cl)c1)[C@H](Cc1ccccc1)C(=O)N[C@H](C)CC)S(C)(=O)=O. The highest BCUT2D eigenvalue weighted by molar-refractivity contribution is 7.92. The van der Waals surface area contributed by atoms with Gasteiger partial charge >= 0.3 is 0 Å². The predicted molar refractivity (Wildman–Crippen MR) is 162 cm³/mol. The van der Waals surface area contributed by atoms with Crippen molar-refractivity contribution in [3.05, 3.63) is 101 Å². The molecule has 0 heterocycles. The summed E-state index contributed by atoms with van der Waals surface area (Å²) in [6.45, 7) is 5.45. The van der Waals surface area contributed by atoms with Crippen LogP contribution in [-0.4, -0.2) is 50.0 Å². The molecule has 0 spiro atoms.